The first-order valence-corrected chi connectivity index (χ1v) is 4.85. The van der Waals surface area contributed by atoms with Gasteiger partial charge in [-0.3, -0.25) is 4.79 Å². The van der Waals surface area contributed by atoms with Crippen LogP contribution in [0.15, 0.2) is 24.8 Å². The summed E-state index contributed by atoms with van der Waals surface area (Å²) in [6, 6.07) is 5.94. The molecule has 1 aliphatic rings. The minimum Gasteiger partial charge on any atom is -0.352 e. The Balaban J connectivity index is 2.49. The summed E-state index contributed by atoms with van der Waals surface area (Å²) in [5.41, 5.74) is 2.95. The molecule has 1 heterocycles. The van der Waals surface area contributed by atoms with E-state index in [0.29, 0.717) is 0 Å². The first-order chi connectivity index (χ1) is 6.81. The van der Waals surface area contributed by atoms with Gasteiger partial charge in [0.2, 0.25) is 0 Å². The third-order valence-corrected chi connectivity index (χ3v) is 2.52. The Bertz CT molecular complexity index is 382. The van der Waals surface area contributed by atoms with E-state index in [-0.39, 0.29) is 5.91 Å². The lowest BCUT2D eigenvalue weighted by Gasteiger charge is -2.04. The summed E-state index contributed by atoms with van der Waals surface area (Å²) >= 11 is 0. The highest BCUT2D eigenvalue weighted by atomic mass is 16.1. The van der Waals surface area contributed by atoms with Crippen molar-refractivity contribution < 1.29 is 4.79 Å². The van der Waals surface area contributed by atoms with Crippen molar-refractivity contribution in [3.63, 3.8) is 0 Å². The van der Waals surface area contributed by atoms with Crippen LogP contribution in [0.1, 0.15) is 27.9 Å². The Morgan fingerprint density at radius 3 is 3.07 bits per heavy atom. The lowest BCUT2D eigenvalue weighted by Crippen LogP contribution is -2.22. The summed E-state index contributed by atoms with van der Waals surface area (Å²) in [7, 11) is 0. The van der Waals surface area contributed by atoms with Gasteiger partial charge in [0.15, 0.2) is 0 Å². The molecule has 0 aromatic heterocycles. The van der Waals surface area contributed by atoms with Crippen LogP contribution in [-0.4, -0.2) is 12.5 Å². The highest BCUT2D eigenvalue weighted by molar-refractivity contribution is 5.96. The molecule has 1 aliphatic heterocycles. The van der Waals surface area contributed by atoms with E-state index in [4.69, 9.17) is 0 Å². The average Bonchev–Trinajstić information content (AvgIpc) is 2.40. The summed E-state index contributed by atoms with van der Waals surface area (Å²) in [6.07, 6.45) is 3.76. The molecule has 1 aromatic carbocycles. The monoisotopic (exact) mass is 187 g/mol. The van der Waals surface area contributed by atoms with Crippen molar-refractivity contribution in [2.45, 2.75) is 12.8 Å². The van der Waals surface area contributed by atoms with Gasteiger partial charge in [-0.15, -0.1) is 0 Å². The van der Waals surface area contributed by atoms with Crippen LogP contribution >= 0.6 is 0 Å². The van der Waals surface area contributed by atoms with E-state index >= 15 is 0 Å². The van der Waals surface area contributed by atoms with Crippen LogP contribution in [-0.2, 0) is 6.42 Å². The smallest absolute Gasteiger partial charge is 0.251 e. The molecule has 2 nitrogen and oxygen atoms in total. The maximum absolute atomic E-state index is 11.6. The fourth-order valence-electron chi connectivity index (χ4n) is 1.73. The van der Waals surface area contributed by atoms with Gasteiger partial charge in [0.1, 0.15) is 0 Å². The van der Waals surface area contributed by atoms with Crippen molar-refractivity contribution in [1.29, 1.82) is 0 Å². The van der Waals surface area contributed by atoms with E-state index in [1.54, 1.807) is 6.08 Å². The summed E-state index contributed by atoms with van der Waals surface area (Å²) in [5, 5.41) is 2.88. The zero-order chi connectivity index (χ0) is 9.97. The number of benzene rings is 1. The second-order valence-electron chi connectivity index (χ2n) is 3.48. The molecule has 0 unspecified atom stereocenters. The zero-order valence-corrected chi connectivity index (χ0v) is 8.05. The van der Waals surface area contributed by atoms with Crippen LogP contribution in [0.3, 0.4) is 0 Å². The van der Waals surface area contributed by atoms with E-state index < -0.39 is 0 Å². The number of fused-ring (bicyclic) bond motifs is 1. The average molecular weight is 187 g/mol. The van der Waals surface area contributed by atoms with E-state index in [1.807, 2.05) is 18.2 Å². The summed E-state index contributed by atoms with van der Waals surface area (Å²) < 4.78 is 0. The summed E-state index contributed by atoms with van der Waals surface area (Å²) in [6.45, 7) is 4.47. The third-order valence-electron chi connectivity index (χ3n) is 2.52. The first kappa shape index (κ1) is 9.00. The molecule has 0 saturated carbocycles. The van der Waals surface area contributed by atoms with E-state index in [9.17, 15) is 4.79 Å². The number of amides is 1. The van der Waals surface area contributed by atoms with Gasteiger partial charge in [-0.05, 0) is 30.0 Å². The van der Waals surface area contributed by atoms with Gasteiger partial charge >= 0.3 is 0 Å². The van der Waals surface area contributed by atoms with E-state index in [2.05, 4.69) is 11.9 Å². The van der Waals surface area contributed by atoms with Crippen molar-refractivity contribution in [1.82, 2.24) is 5.32 Å². The number of hydrogen-bond donors (Lipinski definition) is 1. The maximum Gasteiger partial charge on any atom is 0.251 e. The van der Waals surface area contributed by atoms with E-state index in [0.717, 1.165) is 36.1 Å². The molecule has 0 bridgehead atoms. The Labute approximate surface area is 83.6 Å². The number of carbonyl (C=O) groups is 1. The first-order valence-electron chi connectivity index (χ1n) is 4.85. The van der Waals surface area contributed by atoms with Crippen LogP contribution in [0.2, 0.25) is 0 Å². The minimum absolute atomic E-state index is 0.0428. The molecule has 0 spiro atoms. The van der Waals surface area contributed by atoms with Gasteiger partial charge in [-0.1, -0.05) is 24.8 Å². The fraction of sp³-hybridized carbons (Fsp3) is 0.250. The van der Waals surface area contributed by atoms with Crippen molar-refractivity contribution in [3.8, 4) is 0 Å². The highest BCUT2D eigenvalue weighted by Crippen LogP contribution is 2.16. The predicted octanol–water partition coefficient (Wildman–Crippen LogP) is 2.01. The summed E-state index contributed by atoms with van der Waals surface area (Å²) in [5.74, 6) is 0.0428. The van der Waals surface area contributed by atoms with Gasteiger partial charge in [0.25, 0.3) is 5.91 Å². The molecule has 1 aromatic rings. The molecule has 0 saturated heterocycles. The lowest BCUT2D eigenvalue weighted by molar-refractivity contribution is 0.0956. The SMILES string of the molecule is C=Cc1ccc2c(c1)C(=O)NCCC2. The third kappa shape index (κ3) is 1.55. The Morgan fingerprint density at radius 2 is 2.29 bits per heavy atom. The molecule has 2 rings (SSSR count). The van der Waals surface area contributed by atoms with Crippen molar-refractivity contribution in [2.24, 2.45) is 0 Å². The number of rotatable bonds is 1. The Morgan fingerprint density at radius 1 is 1.43 bits per heavy atom. The molecule has 2 heteroatoms. The normalized spacial score (nSPS) is 15.3. The molecule has 1 amide bonds. The number of aryl methyl sites for hydroxylation is 1. The second-order valence-corrected chi connectivity index (χ2v) is 3.48. The summed E-state index contributed by atoms with van der Waals surface area (Å²) in [4.78, 5) is 11.6. The van der Waals surface area contributed by atoms with Gasteiger partial charge in [-0.2, -0.15) is 0 Å². The fourth-order valence-corrected chi connectivity index (χ4v) is 1.73. The second kappa shape index (κ2) is 3.66. The van der Waals surface area contributed by atoms with Crippen molar-refractivity contribution >= 4 is 12.0 Å². The predicted molar refractivity (Wildman–Crippen MR) is 57.2 cm³/mol. The van der Waals surface area contributed by atoms with Crippen LogP contribution in [0.25, 0.3) is 6.08 Å². The number of nitrogens with one attached hydrogen (secondary N) is 1. The molecule has 0 radical (unpaired) electrons. The van der Waals surface area contributed by atoms with Crippen molar-refractivity contribution in [2.75, 3.05) is 6.54 Å². The topological polar surface area (TPSA) is 29.1 Å². The van der Waals surface area contributed by atoms with Crippen LogP contribution in [0, 0.1) is 0 Å². The highest BCUT2D eigenvalue weighted by Gasteiger charge is 2.14. The molecular formula is C12H13NO. The number of hydrogen-bond acceptors (Lipinski definition) is 1. The van der Waals surface area contributed by atoms with Gasteiger partial charge in [0.05, 0.1) is 0 Å². The van der Waals surface area contributed by atoms with Crippen LogP contribution in [0.5, 0.6) is 0 Å². The molecule has 0 aliphatic carbocycles. The molecule has 0 atom stereocenters. The molecular weight excluding hydrogens is 174 g/mol. The van der Waals surface area contributed by atoms with Gasteiger partial charge in [0, 0.05) is 12.1 Å². The Kier molecular flexibility index (Phi) is 2.35. The zero-order valence-electron chi connectivity index (χ0n) is 8.05. The largest absolute Gasteiger partial charge is 0.352 e. The van der Waals surface area contributed by atoms with E-state index in [1.165, 1.54) is 0 Å². The molecule has 1 N–H and O–H groups in total. The maximum atomic E-state index is 11.6. The Hall–Kier alpha value is -1.57. The van der Waals surface area contributed by atoms with Gasteiger partial charge < -0.3 is 5.32 Å². The molecule has 14 heavy (non-hydrogen) atoms. The lowest BCUT2D eigenvalue weighted by atomic mass is 10.0. The number of carbonyl (C=O) groups excluding carboxylic acids is 1. The minimum atomic E-state index is 0.0428. The quantitative estimate of drug-likeness (QED) is 0.716. The molecule has 0 fully saturated rings. The van der Waals surface area contributed by atoms with Gasteiger partial charge in [-0.25, -0.2) is 0 Å². The van der Waals surface area contributed by atoms with Crippen LogP contribution in [0.4, 0.5) is 0 Å². The standard InChI is InChI=1S/C12H13NO/c1-2-9-5-6-10-4-3-7-13-12(14)11(10)8-9/h2,5-6,8H,1,3-4,7H2,(H,13,14). The van der Waals surface area contributed by atoms with Crippen molar-refractivity contribution in [3.05, 3.63) is 41.5 Å². The van der Waals surface area contributed by atoms with Crippen LogP contribution < -0.4 is 5.32 Å². The molecule has 72 valence electrons.